The number of amides is 1. The lowest BCUT2D eigenvalue weighted by atomic mass is 9.99. The molecule has 1 fully saturated rings. The molecule has 3 heterocycles. The van der Waals surface area contributed by atoms with E-state index in [1.807, 2.05) is 12.1 Å². The fraction of sp³-hybridized carbons (Fsp3) is 0.304. The van der Waals surface area contributed by atoms with Crippen LogP contribution in [0.15, 0.2) is 36.4 Å². The summed E-state index contributed by atoms with van der Waals surface area (Å²) < 4.78 is 28.3. The predicted octanol–water partition coefficient (Wildman–Crippen LogP) is 2.58. The van der Waals surface area contributed by atoms with Crippen molar-refractivity contribution in [3.8, 4) is 17.0 Å². The molecule has 2 aromatic carbocycles. The van der Waals surface area contributed by atoms with Crippen LogP contribution in [0.4, 0.5) is 0 Å². The van der Waals surface area contributed by atoms with Gasteiger partial charge < -0.3 is 14.5 Å². The van der Waals surface area contributed by atoms with E-state index < -0.39 is 10.1 Å². The summed E-state index contributed by atoms with van der Waals surface area (Å²) in [6, 6.07) is 11.5. The van der Waals surface area contributed by atoms with Gasteiger partial charge in [-0.1, -0.05) is 6.07 Å². The van der Waals surface area contributed by atoms with Gasteiger partial charge in [0.15, 0.2) is 0 Å². The van der Waals surface area contributed by atoms with Gasteiger partial charge in [-0.2, -0.15) is 8.42 Å². The van der Waals surface area contributed by atoms with Crippen LogP contribution >= 0.6 is 0 Å². The fourth-order valence-electron chi connectivity index (χ4n) is 4.43. The van der Waals surface area contributed by atoms with Crippen molar-refractivity contribution in [3.63, 3.8) is 0 Å². The maximum absolute atomic E-state index is 12.5. The molecule has 166 valence electrons. The Kier molecular flexibility index (Phi) is 5.02. The Morgan fingerprint density at radius 1 is 1.06 bits per heavy atom. The second kappa shape index (κ2) is 7.75. The fourth-order valence-corrected chi connectivity index (χ4v) is 4.91. The van der Waals surface area contributed by atoms with Gasteiger partial charge in [0, 0.05) is 66.7 Å². The van der Waals surface area contributed by atoms with E-state index in [-0.39, 0.29) is 18.2 Å². The monoisotopic (exact) mass is 453 g/mol. The molecule has 0 radical (unpaired) electrons. The van der Waals surface area contributed by atoms with Crippen molar-refractivity contribution in [2.45, 2.75) is 25.9 Å². The third-order valence-corrected chi connectivity index (χ3v) is 6.44. The number of aromatic amines is 1. The number of carbonyl (C=O) groups excluding carboxylic acids is 2. The first kappa shape index (κ1) is 20.7. The number of hydrogen-bond acceptors (Lipinski definition) is 6. The summed E-state index contributed by atoms with van der Waals surface area (Å²) in [5.74, 6) is 0.243. The molecule has 3 aromatic rings. The zero-order valence-corrected chi connectivity index (χ0v) is 18.4. The van der Waals surface area contributed by atoms with Crippen molar-refractivity contribution in [1.82, 2.24) is 15.2 Å². The van der Waals surface area contributed by atoms with Crippen molar-refractivity contribution in [2.24, 2.45) is 0 Å². The van der Waals surface area contributed by atoms with Crippen LogP contribution in [0.1, 0.15) is 34.3 Å². The van der Waals surface area contributed by atoms with E-state index in [0.717, 1.165) is 48.1 Å². The highest BCUT2D eigenvalue weighted by atomic mass is 32.2. The zero-order valence-electron chi connectivity index (χ0n) is 17.6. The molecule has 0 spiro atoms. The van der Waals surface area contributed by atoms with Crippen LogP contribution in [-0.2, 0) is 28.0 Å². The summed E-state index contributed by atoms with van der Waals surface area (Å²) in [5.41, 5.74) is 4.55. The quantitative estimate of drug-likeness (QED) is 0.575. The van der Waals surface area contributed by atoms with Gasteiger partial charge in [0.25, 0.3) is 5.91 Å². The number of aromatic nitrogens is 1. The molecule has 8 nitrogen and oxygen atoms in total. The maximum atomic E-state index is 12.5. The van der Waals surface area contributed by atoms with Crippen LogP contribution in [0.5, 0.6) is 5.75 Å². The number of Topliss-reactive ketones (excluding diaryl/α,β-unsaturated/α-hetero) is 1. The lowest BCUT2D eigenvalue weighted by molar-refractivity contribution is -0.121. The highest BCUT2D eigenvalue weighted by molar-refractivity contribution is 7.86. The minimum Gasteiger partial charge on any atom is -0.382 e. The highest BCUT2D eigenvalue weighted by Crippen LogP contribution is 2.36. The number of nitrogens with one attached hydrogen (secondary N) is 2. The van der Waals surface area contributed by atoms with Crippen molar-refractivity contribution >= 4 is 32.7 Å². The number of fused-ring (bicyclic) bond motifs is 2. The number of H-pyrrole nitrogens is 1. The summed E-state index contributed by atoms with van der Waals surface area (Å²) in [4.78, 5) is 29.7. The van der Waals surface area contributed by atoms with Crippen molar-refractivity contribution < 1.29 is 22.2 Å². The summed E-state index contributed by atoms with van der Waals surface area (Å²) in [6.07, 6.45) is 2.21. The largest absolute Gasteiger partial charge is 0.382 e. The lowest BCUT2D eigenvalue weighted by Crippen LogP contribution is -2.33. The van der Waals surface area contributed by atoms with Gasteiger partial charge in [-0.3, -0.25) is 14.5 Å². The second-order valence-corrected chi connectivity index (χ2v) is 9.93. The molecule has 9 heteroatoms. The highest BCUT2D eigenvalue weighted by Gasteiger charge is 2.28. The number of nitrogens with zero attached hydrogens (tertiary/aromatic N) is 1. The molecule has 1 aromatic heterocycles. The molecule has 1 saturated heterocycles. The van der Waals surface area contributed by atoms with Crippen LogP contribution in [0, 0.1) is 0 Å². The number of carbonyl (C=O) groups is 2. The molecular formula is C23H23N3O5S. The number of piperidine rings is 1. The van der Waals surface area contributed by atoms with E-state index in [0.29, 0.717) is 35.3 Å². The van der Waals surface area contributed by atoms with E-state index in [2.05, 4.69) is 27.3 Å². The molecule has 2 aliphatic rings. The van der Waals surface area contributed by atoms with Gasteiger partial charge in [-0.15, -0.1) is 0 Å². The minimum atomic E-state index is -3.70. The number of ketones is 1. The van der Waals surface area contributed by atoms with Crippen molar-refractivity contribution in [1.29, 1.82) is 0 Å². The van der Waals surface area contributed by atoms with Crippen molar-refractivity contribution in [3.05, 3.63) is 53.1 Å². The Bertz CT molecular complexity index is 1350. The molecule has 2 aliphatic heterocycles. The zero-order chi connectivity index (χ0) is 22.5. The van der Waals surface area contributed by atoms with Gasteiger partial charge in [-0.05, 0) is 35.9 Å². The smallest absolute Gasteiger partial charge is 0.306 e. The van der Waals surface area contributed by atoms with Crippen LogP contribution in [0.2, 0.25) is 0 Å². The SMILES string of the molecule is CS(=O)(=O)Oc1ccc(-c2cc3cc(CN4CCC(=O)CC4)ccc3[nH]2)c2c1CNC2=O. The van der Waals surface area contributed by atoms with E-state index >= 15 is 0 Å². The topological polar surface area (TPSA) is 109 Å². The van der Waals surface area contributed by atoms with Gasteiger partial charge in [0.2, 0.25) is 0 Å². The third-order valence-electron chi connectivity index (χ3n) is 5.96. The standard InChI is InChI=1S/C23H23N3O5S/c1-32(29,30)31-21-5-3-17(22-18(21)12-24-23(22)28)20-11-15-10-14(2-4-19(15)25-20)13-26-8-6-16(27)7-9-26/h2-5,10-11,25H,6-9,12-13H2,1H3,(H,24,28). The van der Waals surface area contributed by atoms with E-state index in [1.165, 1.54) is 0 Å². The minimum absolute atomic E-state index is 0.169. The Morgan fingerprint density at radius 3 is 2.59 bits per heavy atom. The normalized spacial score (nSPS) is 16.9. The predicted molar refractivity (Wildman–Crippen MR) is 120 cm³/mol. The third kappa shape index (κ3) is 4.01. The molecule has 5 rings (SSSR count). The Morgan fingerprint density at radius 2 is 1.84 bits per heavy atom. The van der Waals surface area contributed by atoms with E-state index in [9.17, 15) is 18.0 Å². The summed E-state index contributed by atoms with van der Waals surface area (Å²) in [5, 5.41) is 3.78. The molecule has 32 heavy (non-hydrogen) atoms. The molecule has 0 aliphatic carbocycles. The van der Waals surface area contributed by atoms with Crippen LogP contribution in [0.25, 0.3) is 22.2 Å². The second-order valence-electron chi connectivity index (χ2n) is 8.35. The molecular weight excluding hydrogens is 430 g/mol. The molecule has 0 atom stereocenters. The molecule has 0 unspecified atom stereocenters. The van der Waals surface area contributed by atoms with Gasteiger partial charge in [0.1, 0.15) is 11.5 Å². The average molecular weight is 454 g/mol. The van der Waals surface area contributed by atoms with Crippen LogP contribution in [-0.4, -0.2) is 49.3 Å². The first-order valence-corrected chi connectivity index (χ1v) is 12.3. The Hall–Kier alpha value is -3.17. The number of hydrogen-bond donors (Lipinski definition) is 2. The van der Waals surface area contributed by atoms with Crippen LogP contribution in [0.3, 0.4) is 0 Å². The molecule has 0 bridgehead atoms. The van der Waals surface area contributed by atoms with Crippen molar-refractivity contribution in [2.75, 3.05) is 19.3 Å². The van der Waals surface area contributed by atoms with E-state index in [4.69, 9.17) is 4.18 Å². The first-order chi connectivity index (χ1) is 15.3. The number of likely N-dealkylation sites (tertiary alicyclic amines) is 1. The summed E-state index contributed by atoms with van der Waals surface area (Å²) >= 11 is 0. The molecule has 1 amide bonds. The maximum Gasteiger partial charge on any atom is 0.306 e. The summed E-state index contributed by atoms with van der Waals surface area (Å²) in [6.45, 7) is 2.59. The lowest BCUT2D eigenvalue weighted by Gasteiger charge is -2.25. The van der Waals surface area contributed by atoms with Gasteiger partial charge in [0.05, 0.1) is 11.8 Å². The number of benzene rings is 2. The van der Waals surface area contributed by atoms with Gasteiger partial charge in [-0.25, -0.2) is 0 Å². The first-order valence-electron chi connectivity index (χ1n) is 10.5. The molecule has 2 N–H and O–H groups in total. The average Bonchev–Trinajstić information content (AvgIpc) is 3.33. The Balaban J connectivity index is 1.48. The Labute approximate surface area is 185 Å². The van der Waals surface area contributed by atoms with E-state index in [1.54, 1.807) is 12.1 Å². The number of rotatable bonds is 5. The van der Waals surface area contributed by atoms with Gasteiger partial charge >= 0.3 is 10.1 Å². The summed E-state index contributed by atoms with van der Waals surface area (Å²) in [7, 11) is -3.70. The van der Waals surface area contributed by atoms with Crippen LogP contribution < -0.4 is 9.50 Å². The molecule has 0 saturated carbocycles.